The Kier molecular flexibility index (Phi) is 6.02. The molecule has 4 heteroatoms. The molecule has 1 aliphatic rings. The summed E-state index contributed by atoms with van der Waals surface area (Å²) in [4.78, 5) is 17.4. The van der Waals surface area contributed by atoms with Crippen LogP contribution in [0.25, 0.3) is 0 Å². The molecule has 2 N–H and O–H groups in total. The minimum absolute atomic E-state index is 0.0185. The fourth-order valence-corrected chi connectivity index (χ4v) is 2.45. The highest BCUT2D eigenvalue weighted by molar-refractivity contribution is 5.81. The zero-order valence-corrected chi connectivity index (χ0v) is 12.1. The lowest BCUT2D eigenvalue weighted by atomic mass is 9.95. The monoisotopic (exact) mass is 276 g/mol. The Bertz CT molecular complexity index is 402. The fourth-order valence-electron chi connectivity index (χ4n) is 2.45. The maximum absolute atomic E-state index is 12.0. The molecule has 1 saturated carbocycles. The molecule has 1 aliphatic carbocycles. The summed E-state index contributed by atoms with van der Waals surface area (Å²) < 4.78 is 0. The average molecular weight is 276 g/mol. The van der Waals surface area contributed by atoms with Crippen LogP contribution in [0, 0.1) is 0 Å². The lowest BCUT2D eigenvalue weighted by Gasteiger charge is -2.24. The topological polar surface area (TPSA) is 50.4 Å². The van der Waals surface area contributed by atoms with Crippen LogP contribution >= 0.6 is 0 Å². The van der Waals surface area contributed by atoms with Gasteiger partial charge >= 0.3 is 0 Å². The number of rotatable bonds is 6. The Morgan fingerprint density at radius 2 is 1.95 bits per heavy atom. The Hall–Kier alpha value is -1.39. The Balaban J connectivity index is 1.65. The quantitative estimate of drug-likeness (QED) is 0.785. The molecule has 0 spiro atoms. The molecule has 0 saturated heterocycles. The van der Waals surface area contributed by atoms with Gasteiger partial charge in [-0.1, -0.05) is 49.6 Å². The Morgan fingerprint density at radius 1 is 1.25 bits per heavy atom. The molecule has 2 rings (SSSR count). The van der Waals surface area contributed by atoms with Crippen LogP contribution < -0.4 is 10.8 Å². The molecule has 0 aromatic heterocycles. The van der Waals surface area contributed by atoms with Gasteiger partial charge in [-0.15, -0.1) is 0 Å². The Labute approximate surface area is 120 Å². The van der Waals surface area contributed by atoms with Crippen LogP contribution in [0.5, 0.6) is 0 Å². The zero-order valence-electron chi connectivity index (χ0n) is 12.1. The van der Waals surface area contributed by atoms with Crippen molar-refractivity contribution in [1.82, 2.24) is 10.8 Å². The van der Waals surface area contributed by atoms with E-state index in [1.165, 1.54) is 19.3 Å². The molecule has 1 aromatic rings. The number of carbonyl (C=O) groups excluding carboxylic acids is 1. The van der Waals surface area contributed by atoms with E-state index in [0.717, 1.165) is 18.4 Å². The molecule has 1 aromatic carbocycles. The number of nitrogens with one attached hydrogen (secondary N) is 2. The number of hydrogen-bond acceptors (Lipinski definition) is 3. The van der Waals surface area contributed by atoms with Gasteiger partial charge in [0.25, 0.3) is 0 Å². The molecule has 1 unspecified atom stereocenters. The summed E-state index contributed by atoms with van der Waals surface area (Å²) in [5, 5.41) is 3.09. The van der Waals surface area contributed by atoms with E-state index in [2.05, 4.69) is 10.8 Å². The lowest BCUT2D eigenvalue weighted by Crippen LogP contribution is -2.46. The second-order valence-electron chi connectivity index (χ2n) is 5.46. The second-order valence-corrected chi connectivity index (χ2v) is 5.46. The Morgan fingerprint density at radius 3 is 2.65 bits per heavy atom. The first-order valence-corrected chi connectivity index (χ1v) is 7.47. The summed E-state index contributed by atoms with van der Waals surface area (Å²) in [5.74, 6) is 0.0185. The largest absolute Gasteiger partial charge is 0.352 e. The molecule has 110 valence electrons. The van der Waals surface area contributed by atoms with Gasteiger partial charge in [0.05, 0.1) is 6.61 Å². The summed E-state index contributed by atoms with van der Waals surface area (Å²) in [5.41, 5.74) is 3.89. The van der Waals surface area contributed by atoms with E-state index < -0.39 is 0 Å². The van der Waals surface area contributed by atoms with Gasteiger partial charge in [-0.2, -0.15) is 5.48 Å². The second kappa shape index (κ2) is 8.02. The summed E-state index contributed by atoms with van der Waals surface area (Å²) in [6, 6.07) is 9.91. The first-order chi connectivity index (χ1) is 9.75. The van der Waals surface area contributed by atoms with Crippen molar-refractivity contribution in [2.45, 2.75) is 57.7 Å². The number of amides is 1. The first-order valence-electron chi connectivity index (χ1n) is 7.47. The molecule has 0 radical (unpaired) electrons. The van der Waals surface area contributed by atoms with Gasteiger partial charge in [0, 0.05) is 6.04 Å². The van der Waals surface area contributed by atoms with E-state index in [-0.39, 0.29) is 11.9 Å². The van der Waals surface area contributed by atoms with Crippen LogP contribution in [-0.2, 0) is 16.2 Å². The van der Waals surface area contributed by atoms with Gasteiger partial charge in [0.15, 0.2) is 0 Å². The highest BCUT2D eigenvalue weighted by Crippen LogP contribution is 2.17. The maximum atomic E-state index is 12.0. The molecule has 1 atom stereocenters. The standard InChI is InChI=1S/C16H24N2O2/c1-13(16(19)17-15-10-6-3-7-11-15)18-20-12-14-8-4-2-5-9-14/h2,4-5,8-9,13,15,18H,3,6-7,10-12H2,1H3,(H,17,19). The molecule has 4 nitrogen and oxygen atoms in total. The van der Waals surface area contributed by atoms with Crippen LogP contribution in [0.2, 0.25) is 0 Å². The van der Waals surface area contributed by atoms with Gasteiger partial charge in [-0.05, 0) is 25.3 Å². The highest BCUT2D eigenvalue weighted by Gasteiger charge is 2.19. The van der Waals surface area contributed by atoms with Crippen molar-refractivity contribution in [3.05, 3.63) is 35.9 Å². The summed E-state index contributed by atoms with van der Waals surface area (Å²) >= 11 is 0. The molecule has 1 fully saturated rings. The minimum atomic E-state index is -0.333. The van der Waals surface area contributed by atoms with Crippen LogP contribution in [-0.4, -0.2) is 18.0 Å². The summed E-state index contributed by atoms with van der Waals surface area (Å²) in [7, 11) is 0. The van der Waals surface area contributed by atoms with Crippen molar-refractivity contribution in [3.63, 3.8) is 0 Å². The third-order valence-corrected chi connectivity index (χ3v) is 3.69. The third kappa shape index (κ3) is 4.94. The number of hydrogen-bond donors (Lipinski definition) is 2. The predicted molar refractivity (Wildman–Crippen MR) is 78.8 cm³/mol. The van der Waals surface area contributed by atoms with E-state index in [9.17, 15) is 4.79 Å². The van der Waals surface area contributed by atoms with Gasteiger partial charge in [-0.3, -0.25) is 9.63 Å². The molecular formula is C16H24N2O2. The molecule has 1 amide bonds. The van der Waals surface area contributed by atoms with Crippen LogP contribution in [0.3, 0.4) is 0 Å². The van der Waals surface area contributed by atoms with E-state index in [1.54, 1.807) is 0 Å². The number of hydroxylamine groups is 1. The van der Waals surface area contributed by atoms with Crippen molar-refractivity contribution >= 4 is 5.91 Å². The van der Waals surface area contributed by atoms with E-state index >= 15 is 0 Å². The van der Waals surface area contributed by atoms with Gasteiger partial charge in [-0.25, -0.2) is 0 Å². The molecule has 0 heterocycles. The minimum Gasteiger partial charge on any atom is -0.352 e. The van der Waals surface area contributed by atoms with Crippen LogP contribution in [0.1, 0.15) is 44.6 Å². The average Bonchev–Trinajstić information content (AvgIpc) is 2.49. The van der Waals surface area contributed by atoms with Gasteiger partial charge in [0.1, 0.15) is 6.04 Å². The fraction of sp³-hybridized carbons (Fsp3) is 0.562. The number of benzene rings is 1. The van der Waals surface area contributed by atoms with Crippen molar-refractivity contribution in [2.75, 3.05) is 0 Å². The molecular weight excluding hydrogens is 252 g/mol. The van der Waals surface area contributed by atoms with Crippen molar-refractivity contribution in [1.29, 1.82) is 0 Å². The van der Waals surface area contributed by atoms with E-state index in [4.69, 9.17) is 4.84 Å². The van der Waals surface area contributed by atoms with Crippen molar-refractivity contribution in [2.24, 2.45) is 0 Å². The van der Waals surface area contributed by atoms with E-state index in [1.807, 2.05) is 37.3 Å². The molecule has 0 bridgehead atoms. The normalized spacial score (nSPS) is 17.6. The summed E-state index contributed by atoms with van der Waals surface area (Å²) in [6.45, 7) is 2.28. The zero-order chi connectivity index (χ0) is 14.2. The van der Waals surface area contributed by atoms with Gasteiger partial charge < -0.3 is 5.32 Å². The van der Waals surface area contributed by atoms with E-state index in [0.29, 0.717) is 12.6 Å². The van der Waals surface area contributed by atoms with Crippen LogP contribution in [0.15, 0.2) is 30.3 Å². The van der Waals surface area contributed by atoms with Crippen molar-refractivity contribution in [3.8, 4) is 0 Å². The maximum Gasteiger partial charge on any atom is 0.239 e. The number of carbonyl (C=O) groups is 1. The highest BCUT2D eigenvalue weighted by atomic mass is 16.6. The van der Waals surface area contributed by atoms with Gasteiger partial charge in [0.2, 0.25) is 5.91 Å². The summed E-state index contributed by atoms with van der Waals surface area (Å²) in [6.07, 6.45) is 5.93. The molecule has 0 aliphatic heterocycles. The smallest absolute Gasteiger partial charge is 0.239 e. The third-order valence-electron chi connectivity index (χ3n) is 3.69. The SMILES string of the molecule is CC(NOCc1ccccc1)C(=O)NC1CCCCC1. The lowest BCUT2D eigenvalue weighted by molar-refractivity contribution is -0.128. The molecule has 20 heavy (non-hydrogen) atoms. The predicted octanol–water partition coefficient (Wildman–Crippen LogP) is 2.55. The van der Waals surface area contributed by atoms with Crippen molar-refractivity contribution < 1.29 is 9.63 Å². The first kappa shape index (κ1) is 15.0. The van der Waals surface area contributed by atoms with Crippen LogP contribution in [0.4, 0.5) is 0 Å².